The second-order valence-corrected chi connectivity index (χ2v) is 15.7. The lowest BCUT2D eigenvalue weighted by molar-refractivity contribution is 1.16. The lowest BCUT2D eigenvalue weighted by atomic mass is 9.92. The van der Waals surface area contributed by atoms with Gasteiger partial charge in [0.25, 0.3) is 0 Å². The fourth-order valence-corrected chi connectivity index (χ4v) is 9.36. The summed E-state index contributed by atoms with van der Waals surface area (Å²) >= 11 is 0. The summed E-state index contributed by atoms with van der Waals surface area (Å²) in [6.45, 7) is 0. The largest absolute Gasteiger partial charge is 0.309 e. The highest BCUT2D eigenvalue weighted by Crippen LogP contribution is 2.46. The monoisotopic (exact) mass is 790 g/mol. The second-order valence-electron chi connectivity index (χ2n) is 15.7. The molecule has 0 unspecified atom stereocenters. The van der Waals surface area contributed by atoms with Crippen LogP contribution in [0.15, 0.2) is 231 Å². The van der Waals surface area contributed by atoms with Crippen LogP contribution in [0.3, 0.4) is 0 Å². The Morgan fingerprint density at radius 1 is 0.306 bits per heavy atom. The average Bonchev–Trinajstić information content (AvgIpc) is 3.87. The van der Waals surface area contributed by atoms with E-state index in [1.54, 1.807) is 0 Å². The normalized spacial score (nSPS) is 11.5. The Kier molecular flexibility index (Phi) is 8.46. The van der Waals surface area contributed by atoms with Gasteiger partial charge in [-0.2, -0.15) is 0 Å². The van der Waals surface area contributed by atoms with E-state index in [0.29, 0.717) is 5.82 Å². The minimum atomic E-state index is 0.669. The number of hydrogen-bond donors (Lipinski definition) is 0. The molecule has 0 aliphatic heterocycles. The zero-order valence-corrected chi connectivity index (χ0v) is 33.7. The molecule has 4 heteroatoms. The Hall–Kier alpha value is -8.34. The molecule has 0 amide bonds. The zero-order valence-electron chi connectivity index (χ0n) is 33.7. The zero-order chi connectivity index (χ0) is 41.0. The summed E-state index contributed by atoms with van der Waals surface area (Å²) in [7, 11) is 0. The molecule has 0 radical (unpaired) electrons. The highest BCUT2D eigenvalue weighted by atomic mass is 15.0. The Labute approximate surface area is 359 Å². The third-order valence-electron chi connectivity index (χ3n) is 12.1. The number of nitrogens with zero attached hydrogens (tertiary/aromatic N) is 4. The molecule has 0 fully saturated rings. The third kappa shape index (κ3) is 5.84. The maximum Gasteiger partial charge on any atom is 0.160 e. The molecule has 62 heavy (non-hydrogen) atoms. The van der Waals surface area contributed by atoms with Gasteiger partial charge in [0.05, 0.1) is 39.1 Å². The fraction of sp³-hybridized carbons (Fsp3) is 0. The van der Waals surface area contributed by atoms with E-state index in [-0.39, 0.29) is 0 Å². The molecule has 0 spiro atoms. The Morgan fingerprint density at radius 2 is 0.758 bits per heavy atom. The van der Waals surface area contributed by atoms with Crippen LogP contribution < -0.4 is 0 Å². The van der Waals surface area contributed by atoms with Gasteiger partial charge >= 0.3 is 0 Å². The van der Waals surface area contributed by atoms with Crippen molar-refractivity contribution in [3.8, 4) is 67.5 Å². The van der Waals surface area contributed by atoms with Crippen molar-refractivity contribution in [2.75, 3.05) is 0 Å². The molecule has 0 bridgehead atoms. The number of fused-ring (bicyclic) bond motifs is 7. The average molecular weight is 791 g/mol. The van der Waals surface area contributed by atoms with E-state index in [1.165, 1.54) is 32.6 Å². The predicted octanol–water partition coefficient (Wildman–Crippen LogP) is 15.0. The molecule has 0 N–H and O–H groups in total. The fourth-order valence-electron chi connectivity index (χ4n) is 9.36. The van der Waals surface area contributed by atoms with Crippen LogP contribution in [0, 0.1) is 0 Å². The maximum atomic E-state index is 5.33. The molecule has 12 rings (SSSR count). The first-order chi connectivity index (χ1) is 30.8. The summed E-state index contributed by atoms with van der Waals surface area (Å²) in [5.41, 5.74) is 16.0. The molecule has 12 aromatic rings. The van der Waals surface area contributed by atoms with Crippen molar-refractivity contribution >= 4 is 43.6 Å². The molecule has 4 nitrogen and oxygen atoms in total. The van der Waals surface area contributed by atoms with Gasteiger partial charge in [0, 0.05) is 55.0 Å². The molecule has 0 saturated heterocycles. The van der Waals surface area contributed by atoms with E-state index >= 15 is 0 Å². The Morgan fingerprint density at radius 3 is 1.31 bits per heavy atom. The van der Waals surface area contributed by atoms with Gasteiger partial charge in [0.2, 0.25) is 0 Å². The minimum Gasteiger partial charge on any atom is -0.309 e. The first kappa shape index (κ1) is 35.6. The molecule has 0 aliphatic carbocycles. The van der Waals surface area contributed by atoms with Crippen molar-refractivity contribution < 1.29 is 0 Å². The van der Waals surface area contributed by atoms with Gasteiger partial charge in [-0.3, -0.25) is 0 Å². The van der Waals surface area contributed by atoms with E-state index in [9.17, 15) is 0 Å². The smallest absolute Gasteiger partial charge is 0.160 e. The third-order valence-corrected chi connectivity index (χ3v) is 12.1. The van der Waals surface area contributed by atoms with Gasteiger partial charge in [-0.05, 0) is 59.7 Å². The van der Waals surface area contributed by atoms with Gasteiger partial charge < -0.3 is 9.13 Å². The summed E-state index contributed by atoms with van der Waals surface area (Å²) in [6.07, 6.45) is 0. The number of aromatic nitrogens is 4. The molecule has 0 saturated carbocycles. The highest BCUT2D eigenvalue weighted by molar-refractivity contribution is 6.26. The summed E-state index contributed by atoms with van der Waals surface area (Å²) in [6, 6.07) is 82.1. The predicted molar refractivity (Wildman–Crippen MR) is 258 cm³/mol. The lowest BCUT2D eigenvalue weighted by Crippen LogP contribution is -2.03. The summed E-state index contributed by atoms with van der Waals surface area (Å²) in [4.78, 5) is 10.7. The van der Waals surface area contributed by atoms with Crippen molar-refractivity contribution in [2.24, 2.45) is 0 Å². The van der Waals surface area contributed by atoms with Gasteiger partial charge in [-0.1, -0.05) is 182 Å². The van der Waals surface area contributed by atoms with E-state index in [0.717, 1.165) is 72.7 Å². The number of benzene rings is 9. The van der Waals surface area contributed by atoms with Gasteiger partial charge in [0.1, 0.15) is 0 Å². The van der Waals surface area contributed by atoms with Crippen molar-refractivity contribution in [1.82, 2.24) is 19.1 Å². The van der Waals surface area contributed by atoms with Crippen LogP contribution in [-0.2, 0) is 0 Å². The van der Waals surface area contributed by atoms with Crippen molar-refractivity contribution in [3.63, 3.8) is 0 Å². The molecule has 3 heterocycles. The van der Waals surface area contributed by atoms with E-state index in [2.05, 4.69) is 228 Å². The molecule has 0 atom stereocenters. The molecule has 0 aliphatic rings. The van der Waals surface area contributed by atoms with Crippen molar-refractivity contribution in [1.29, 1.82) is 0 Å². The lowest BCUT2D eigenvalue weighted by Gasteiger charge is -2.21. The number of hydrogen-bond acceptors (Lipinski definition) is 2. The van der Waals surface area contributed by atoms with E-state index < -0.39 is 0 Å². The summed E-state index contributed by atoms with van der Waals surface area (Å²) in [5.74, 6) is 0.669. The van der Waals surface area contributed by atoms with E-state index in [4.69, 9.17) is 9.97 Å². The van der Waals surface area contributed by atoms with Crippen LogP contribution in [0.1, 0.15) is 0 Å². The molecule has 3 aromatic heterocycles. The standard InChI is InChI=1S/C58H38N4/c1-6-20-39(21-7-1)48-36-43(58-59-50(41-24-10-3-11-25-41)38-51(60-58)42-26-12-4-13-27-42)37-49(40-22-8-2-9-23-40)56(48)62-53-33-19-17-31-47(53)55-54(62)35-34-46-45-30-16-18-32-52(45)61(57(46)55)44-28-14-5-15-29-44/h1-38H. The van der Waals surface area contributed by atoms with Crippen molar-refractivity contribution in [3.05, 3.63) is 231 Å². The van der Waals surface area contributed by atoms with Crippen LogP contribution in [0.2, 0.25) is 0 Å². The second kappa shape index (κ2) is 14.7. The highest BCUT2D eigenvalue weighted by Gasteiger charge is 2.25. The number of rotatable bonds is 7. The SMILES string of the molecule is c1ccc(-c2cc(-c3ccccc3)nc(-c3cc(-c4ccccc4)c(-n4c5ccccc5c5c4ccc4c6ccccc6n(-c6ccccc6)c45)c(-c4ccccc4)c3)n2)cc1. The van der Waals surface area contributed by atoms with Crippen LogP contribution in [0.25, 0.3) is 111 Å². The topological polar surface area (TPSA) is 35.6 Å². The Balaban J connectivity index is 1.22. The van der Waals surface area contributed by atoms with Crippen molar-refractivity contribution in [2.45, 2.75) is 0 Å². The van der Waals surface area contributed by atoms with Crippen LogP contribution in [0.5, 0.6) is 0 Å². The van der Waals surface area contributed by atoms with Gasteiger partial charge in [0.15, 0.2) is 5.82 Å². The molecular formula is C58H38N4. The first-order valence-electron chi connectivity index (χ1n) is 21.1. The minimum absolute atomic E-state index is 0.669. The van der Waals surface area contributed by atoms with Crippen LogP contribution in [-0.4, -0.2) is 19.1 Å². The molecular weight excluding hydrogens is 753 g/mol. The summed E-state index contributed by atoms with van der Waals surface area (Å²) in [5, 5.41) is 4.87. The van der Waals surface area contributed by atoms with Gasteiger partial charge in [-0.15, -0.1) is 0 Å². The van der Waals surface area contributed by atoms with Crippen LogP contribution >= 0.6 is 0 Å². The first-order valence-corrected chi connectivity index (χ1v) is 21.1. The summed E-state index contributed by atoms with van der Waals surface area (Å²) < 4.78 is 4.95. The van der Waals surface area contributed by atoms with Gasteiger partial charge in [-0.25, -0.2) is 9.97 Å². The maximum absolute atomic E-state index is 5.33. The Bertz CT molecular complexity index is 3470. The molecule has 290 valence electrons. The van der Waals surface area contributed by atoms with E-state index in [1.807, 2.05) is 12.1 Å². The van der Waals surface area contributed by atoms with Crippen LogP contribution in [0.4, 0.5) is 0 Å². The quantitative estimate of drug-likeness (QED) is 0.161. The molecule has 9 aromatic carbocycles. The number of para-hydroxylation sites is 3.